The van der Waals surface area contributed by atoms with Gasteiger partial charge >= 0.3 is 5.97 Å². The highest BCUT2D eigenvalue weighted by Gasteiger charge is 2.61. The van der Waals surface area contributed by atoms with Gasteiger partial charge in [0.25, 0.3) is 5.91 Å². The molecule has 148 valence electrons. The number of carbonyl (C=O) groups is 4. The van der Waals surface area contributed by atoms with Crippen molar-refractivity contribution in [1.82, 2.24) is 10.3 Å². The van der Waals surface area contributed by atoms with Crippen molar-refractivity contribution in [3.8, 4) is 0 Å². The summed E-state index contributed by atoms with van der Waals surface area (Å²) in [5.41, 5.74) is 2.75. The van der Waals surface area contributed by atoms with Crippen LogP contribution in [0.2, 0.25) is 0 Å². The summed E-state index contributed by atoms with van der Waals surface area (Å²) >= 11 is 0.972. The second kappa shape index (κ2) is 6.93. The number of amides is 3. The number of hydrogen-bond donors (Lipinski definition) is 1. The minimum absolute atomic E-state index is 0.140. The Balaban J connectivity index is 2.21. The lowest BCUT2D eigenvalue weighted by Gasteiger charge is -2.29. The molecule has 3 amide bonds. The second-order valence-corrected chi connectivity index (χ2v) is 7.79. The van der Waals surface area contributed by atoms with Crippen molar-refractivity contribution in [2.75, 3.05) is 18.6 Å². The fourth-order valence-corrected chi connectivity index (χ4v) is 4.80. The van der Waals surface area contributed by atoms with Crippen LogP contribution in [-0.4, -0.2) is 47.5 Å². The van der Waals surface area contributed by atoms with Gasteiger partial charge in [-0.25, -0.2) is 0 Å². The zero-order valence-electron chi connectivity index (χ0n) is 16.2. The highest BCUT2D eigenvalue weighted by atomic mass is 32.2. The lowest BCUT2D eigenvalue weighted by molar-refractivity contribution is -0.141. The van der Waals surface area contributed by atoms with Crippen LogP contribution in [0.1, 0.15) is 30.5 Å². The molecule has 28 heavy (non-hydrogen) atoms. The monoisotopic (exact) mass is 404 g/mol. The highest BCUT2D eigenvalue weighted by molar-refractivity contribution is 8.15. The summed E-state index contributed by atoms with van der Waals surface area (Å²) in [5.74, 6) is -1.92. The van der Waals surface area contributed by atoms with Crippen molar-refractivity contribution in [3.63, 3.8) is 0 Å². The van der Waals surface area contributed by atoms with Gasteiger partial charge in [-0.2, -0.15) is 5.01 Å². The van der Waals surface area contributed by atoms with Gasteiger partial charge in [0.1, 0.15) is 6.54 Å². The molecular formula is C18H20N4O5S. The number of methoxy groups -OCH3 is 1. The predicted molar refractivity (Wildman–Crippen MR) is 103 cm³/mol. The number of nitrogens with one attached hydrogen (secondary N) is 1. The third-order valence-electron chi connectivity index (χ3n) is 4.44. The summed E-state index contributed by atoms with van der Waals surface area (Å²) in [4.78, 5) is 49.2. The largest absolute Gasteiger partial charge is 0.468 e. The average molecular weight is 404 g/mol. The molecule has 1 aromatic carbocycles. The summed E-state index contributed by atoms with van der Waals surface area (Å²) in [6.45, 7) is 6.02. The number of amidine groups is 1. The number of thioether (sulfide) groups is 1. The summed E-state index contributed by atoms with van der Waals surface area (Å²) in [5, 5.41) is 7.93. The zero-order valence-corrected chi connectivity index (χ0v) is 17.0. The van der Waals surface area contributed by atoms with Gasteiger partial charge in [0, 0.05) is 19.4 Å². The van der Waals surface area contributed by atoms with Gasteiger partial charge in [0.05, 0.1) is 12.8 Å². The van der Waals surface area contributed by atoms with Crippen LogP contribution in [-0.2, 0) is 28.8 Å². The molecule has 1 aromatic rings. The first kappa shape index (κ1) is 19.9. The van der Waals surface area contributed by atoms with E-state index in [1.165, 1.54) is 25.9 Å². The van der Waals surface area contributed by atoms with Crippen LogP contribution in [0.15, 0.2) is 17.2 Å². The standard InChI is InChI=1S/C18H20N4O5S/c1-9-6-10(2)15-13(7-9)18(16(26)21(15)8-14(25)27-5)22(12(4)24)20-17(28-18)19-11(3)23/h6-7H,8H2,1-5H3,(H,19,20,23)/t18-/m0/s1. The number of hydrogen-bond acceptors (Lipinski definition) is 7. The normalized spacial score (nSPS) is 20.3. The first-order valence-corrected chi connectivity index (χ1v) is 9.30. The molecule has 10 heteroatoms. The summed E-state index contributed by atoms with van der Waals surface area (Å²) in [6.07, 6.45) is 0. The van der Waals surface area contributed by atoms with E-state index in [0.29, 0.717) is 11.3 Å². The number of fused-ring (bicyclic) bond motifs is 2. The maximum atomic E-state index is 13.6. The number of carbonyl (C=O) groups excluding carboxylic acids is 4. The number of rotatable bonds is 2. The third-order valence-corrected chi connectivity index (χ3v) is 5.68. The first-order valence-electron chi connectivity index (χ1n) is 8.48. The Bertz CT molecular complexity index is 944. The number of anilines is 1. The van der Waals surface area contributed by atoms with Crippen LogP contribution >= 0.6 is 11.8 Å². The molecule has 0 unspecified atom stereocenters. The Hall–Kier alpha value is -2.88. The van der Waals surface area contributed by atoms with E-state index in [4.69, 9.17) is 4.74 Å². The predicted octanol–water partition coefficient (Wildman–Crippen LogP) is 0.978. The lowest BCUT2D eigenvalue weighted by Crippen LogP contribution is -2.49. The Labute approximate surface area is 166 Å². The maximum absolute atomic E-state index is 13.6. The molecule has 9 nitrogen and oxygen atoms in total. The van der Waals surface area contributed by atoms with E-state index in [9.17, 15) is 19.2 Å². The number of ether oxygens (including phenoxy) is 1. The van der Waals surface area contributed by atoms with Gasteiger partial charge in [-0.1, -0.05) is 17.7 Å². The Morgan fingerprint density at radius 2 is 1.93 bits per heavy atom. The molecule has 0 radical (unpaired) electrons. The second-order valence-electron chi connectivity index (χ2n) is 6.61. The van der Waals surface area contributed by atoms with Gasteiger partial charge < -0.3 is 10.1 Å². The van der Waals surface area contributed by atoms with E-state index >= 15 is 0 Å². The molecule has 2 aliphatic heterocycles. The number of benzene rings is 1. The van der Waals surface area contributed by atoms with Gasteiger partial charge in [0.2, 0.25) is 16.7 Å². The minimum Gasteiger partial charge on any atom is -0.468 e. The number of aryl methyl sites for hydroxylation is 2. The first-order chi connectivity index (χ1) is 13.1. The van der Waals surface area contributed by atoms with E-state index in [1.54, 1.807) is 6.07 Å². The molecular weight excluding hydrogens is 384 g/mol. The molecule has 0 aromatic heterocycles. The Kier molecular flexibility index (Phi) is 4.92. The molecule has 0 saturated carbocycles. The Morgan fingerprint density at radius 1 is 1.25 bits per heavy atom. The van der Waals surface area contributed by atoms with Crippen LogP contribution in [0.3, 0.4) is 0 Å². The number of nitrogens with zero attached hydrogens (tertiary/aromatic N) is 3. The minimum atomic E-state index is -1.52. The molecule has 0 bridgehead atoms. The van der Waals surface area contributed by atoms with Gasteiger partial charge in [-0.15, -0.1) is 5.10 Å². The summed E-state index contributed by atoms with van der Waals surface area (Å²) in [7, 11) is 1.24. The van der Waals surface area contributed by atoms with Gasteiger partial charge in [0.15, 0.2) is 5.17 Å². The van der Waals surface area contributed by atoms with Crippen LogP contribution in [0.5, 0.6) is 0 Å². The molecule has 0 aliphatic carbocycles. The van der Waals surface area contributed by atoms with E-state index in [0.717, 1.165) is 27.9 Å². The molecule has 1 atom stereocenters. The average Bonchev–Trinajstić information content (AvgIpc) is 3.07. The molecule has 1 N–H and O–H groups in total. The van der Waals surface area contributed by atoms with Crippen molar-refractivity contribution in [2.45, 2.75) is 32.6 Å². The van der Waals surface area contributed by atoms with Crippen molar-refractivity contribution in [3.05, 3.63) is 28.8 Å². The highest BCUT2D eigenvalue weighted by Crippen LogP contribution is 2.55. The van der Waals surface area contributed by atoms with Crippen LogP contribution < -0.4 is 10.2 Å². The number of esters is 1. The van der Waals surface area contributed by atoms with Crippen LogP contribution in [0.25, 0.3) is 0 Å². The zero-order chi connectivity index (χ0) is 20.8. The fraction of sp³-hybridized carbons (Fsp3) is 0.389. The molecule has 1 spiro atoms. The summed E-state index contributed by atoms with van der Waals surface area (Å²) < 4.78 is 4.73. The van der Waals surface area contributed by atoms with E-state index in [2.05, 4.69) is 10.4 Å². The third kappa shape index (κ3) is 2.93. The fourth-order valence-electron chi connectivity index (χ4n) is 3.48. The van der Waals surface area contributed by atoms with Gasteiger partial charge in [-0.05, 0) is 31.2 Å². The Morgan fingerprint density at radius 3 is 2.50 bits per heavy atom. The summed E-state index contributed by atoms with van der Waals surface area (Å²) in [6, 6.07) is 3.69. The molecule has 2 aliphatic rings. The van der Waals surface area contributed by atoms with E-state index < -0.39 is 22.7 Å². The van der Waals surface area contributed by atoms with E-state index in [1.807, 2.05) is 19.9 Å². The van der Waals surface area contributed by atoms with Crippen molar-refractivity contribution in [2.24, 2.45) is 5.10 Å². The van der Waals surface area contributed by atoms with Crippen molar-refractivity contribution in [1.29, 1.82) is 0 Å². The van der Waals surface area contributed by atoms with Crippen molar-refractivity contribution >= 4 is 46.3 Å². The van der Waals surface area contributed by atoms with Crippen LogP contribution in [0, 0.1) is 13.8 Å². The van der Waals surface area contributed by atoms with Crippen LogP contribution in [0.4, 0.5) is 5.69 Å². The number of hydrazone groups is 1. The molecule has 0 fully saturated rings. The lowest BCUT2D eigenvalue weighted by atomic mass is 10.0. The molecule has 0 saturated heterocycles. The van der Waals surface area contributed by atoms with E-state index in [-0.39, 0.29) is 17.6 Å². The topological polar surface area (TPSA) is 108 Å². The van der Waals surface area contributed by atoms with Gasteiger partial charge in [-0.3, -0.25) is 24.1 Å². The quantitative estimate of drug-likeness (QED) is 0.736. The SMILES string of the molecule is COC(=O)CN1C(=O)[C@@]2(SC(NC(C)=O)=NN2C(C)=O)c2cc(C)cc(C)c21. The maximum Gasteiger partial charge on any atom is 0.325 e. The molecule has 2 heterocycles. The van der Waals surface area contributed by atoms with Crippen molar-refractivity contribution < 1.29 is 23.9 Å². The smallest absolute Gasteiger partial charge is 0.325 e. The molecule has 3 rings (SSSR count).